The SMILES string of the molecule is COc1cccc(Cc2nc3cccnc3n2-c2ccccn2)c1. The number of methoxy groups -OCH3 is 1. The highest BCUT2D eigenvalue weighted by Crippen LogP contribution is 2.22. The van der Waals surface area contributed by atoms with Crippen molar-refractivity contribution >= 4 is 11.2 Å². The van der Waals surface area contributed by atoms with Crippen LogP contribution in [0.25, 0.3) is 17.0 Å². The number of hydrogen-bond acceptors (Lipinski definition) is 4. The Morgan fingerprint density at radius 3 is 2.71 bits per heavy atom. The van der Waals surface area contributed by atoms with Crippen LogP contribution in [0.5, 0.6) is 5.75 Å². The van der Waals surface area contributed by atoms with Crippen LogP contribution in [0, 0.1) is 0 Å². The van der Waals surface area contributed by atoms with Crippen LogP contribution in [-0.4, -0.2) is 26.6 Å². The standard InChI is InChI=1S/C19H16N4O/c1-24-15-7-4-6-14(12-15)13-18-22-16-8-5-11-21-19(16)23(18)17-9-2-3-10-20-17/h2-12H,13H2,1H3. The summed E-state index contributed by atoms with van der Waals surface area (Å²) >= 11 is 0. The van der Waals surface area contributed by atoms with Gasteiger partial charge in [0.1, 0.15) is 22.9 Å². The fourth-order valence-electron chi connectivity index (χ4n) is 2.77. The molecule has 4 aromatic rings. The van der Waals surface area contributed by atoms with Crippen molar-refractivity contribution in [3.8, 4) is 11.6 Å². The molecular weight excluding hydrogens is 300 g/mol. The van der Waals surface area contributed by atoms with E-state index in [0.29, 0.717) is 6.42 Å². The minimum Gasteiger partial charge on any atom is -0.497 e. The van der Waals surface area contributed by atoms with Gasteiger partial charge in [-0.3, -0.25) is 4.57 Å². The first kappa shape index (κ1) is 14.4. The molecule has 3 heterocycles. The molecule has 0 N–H and O–H groups in total. The van der Waals surface area contributed by atoms with E-state index in [1.165, 1.54) is 0 Å². The maximum Gasteiger partial charge on any atom is 0.165 e. The van der Waals surface area contributed by atoms with Crippen LogP contribution < -0.4 is 4.74 Å². The number of benzene rings is 1. The number of pyridine rings is 2. The maximum atomic E-state index is 5.31. The third kappa shape index (κ3) is 2.60. The Morgan fingerprint density at radius 1 is 0.958 bits per heavy atom. The third-order valence-electron chi connectivity index (χ3n) is 3.86. The van der Waals surface area contributed by atoms with Crippen molar-refractivity contribution in [2.45, 2.75) is 6.42 Å². The third-order valence-corrected chi connectivity index (χ3v) is 3.86. The highest BCUT2D eigenvalue weighted by Gasteiger charge is 2.14. The molecule has 0 radical (unpaired) electrons. The van der Waals surface area contributed by atoms with Gasteiger partial charge < -0.3 is 4.74 Å². The molecule has 0 amide bonds. The molecule has 0 bridgehead atoms. The van der Waals surface area contributed by atoms with Crippen LogP contribution >= 0.6 is 0 Å². The summed E-state index contributed by atoms with van der Waals surface area (Å²) in [6, 6.07) is 17.7. The van der Waals surface area contributed by atoms with Gasteiger partial charge >= 0.3 is 0 Å². The largest absolute Gasteiger partial charge is 0.497 e. The van der Waals surface area contributed by atoms with Crippen LogP contribution in [0.1, 0.15) is 11.4 Å². The van der Waals surface area contributed by atoms with E-state index in [-0.39, 0.29) is 0 Å². The number of ether oxygens (including phenoxy) is 1. The fraction of sp³-hybridized carbons (Fsp3) is 0.105. The fourth-order valence-corrected chi connectivity index (χ4v) is 2.77. The Labute approximate surface area is 139 Å². The summed E-state index contributed by atoms with van der Waals surface area (Å²) in [7, 11) is 1.67. The molecule has 0 aliphatic heterocycles. The zero-order chi connectivity index (χ0) is 16.4. The van der Waals surface area contributed by atoms with Crippen LogP contribution in [-0.2, 0) is 6.42 Å². The monoisotopic (exact) mass is 316 g/mol. The molecule has 4 rings (SSSR count). The molecule has 3 aromatic heterocycles. The van der Waals surface area contributed by atoms with Gasteiger partial charge in [-0.15, -0.1) is 0 Å². The van der Waals surface area contributed by atoms with E-state index >= 15 is 0 Å². The first-order valence-corrected chi connectivity index (χ1v) is 7.72. The van der Waals surface area contributed by atoms with Gasteiger partial charge in [0.15, 0.2) is 5.65 Å². The number of fused-ring (bicyclic) bond motifs is 1. The van der Waals surface area contributed by atoms with Gasteiger partial charge in [-0.05, 0) is 42.0 Å². The lowest BCUT2D eigenvalue weighted by molar-refractivity contribution is 0.414. The molecule has 0 aliphatic carbocycles. The summed E-state index contributed by atoms with van der Waals surface area (Å²) < 4.78 is 7.32. The predicted molar refractivity (Wildman–Crippen MR) is 92.5 cm³/mol. The number of nitrogens with zero attached hydrogens (tertiary/aromatic N) is 4. The number of imidazole rings is 1. The van der Waals surface area contributed by atoms with Gasteiger partial charge in [-0.2, -0.15) is 0 Å². The molecule has 0 atom stereocenters. The number of hydrogen-bond donors (Lipinski definition) is 0. The lowest BCUT2D eigenvalue weighted by Crippen LogP contribution is -2.04. The molecule has 5 heteroatoms. The molecule has 5 nitrogen and oxygen atoms in total. The molecule has 0 aliphatic rings. The molecule has 0 unspecified atom stereocenters. The van der Waals surface area contributed by atoms with Gasteiger partial charge in [0.25, 0.3) is 0 Å². The van der Waals surface area contributed by atoms with E-state index in [1.807, 2.05) is 53.1 Å². The number of rotatable bonds is 4. The van der Waals surface area contributed by atoms with Crippen molar-refractivity contribution in [3.05, 3.63) is 78.4 Å². The summed E-state index contributed by atoms with van der Waals surface area (Å²) in [5.74, 6) is 2.55. The average molecular weight is 316 g/mol. The van der Waals surface area contributed by atoms with Gasteiger partial charge in [0.2, 0.25) is 0 Å². The minimum absolute atomic E-state index is 0.671. The van der Waals surface area contributed by atoms with Gasteiger partial charge in [-0.25, -0.2) is 15.0 Å². The summed E-state index contributed by atoms with van der Waals surface area (Å²) in [6.07, 6.45) is 4.22. The Morgan fingerprint density at radius 2 is 1.88 bits per heavy atom. The Balaban J connectivity index is 1.85. The quantitative estimate of drug-likeness (QED) is 0.579. The van der Waals surface area contributed by atoms with E-state index in [4.69, 9.17) is 9.72 Å². The first-order valence-electron chi connectivity index (χ1n) is 7.72. The average Bonchev–Trinajstić information content (AvgIpc) is 3.00. The summed E-state index contributed by atoms with van der Waals surface area (Å²) in [5, 5.41) is 0. The van der Waals surface area contributed by atoms with Crippen LogP contribution in [0.15, 0.2) is 67.0 Å². The molecule has 118 valence electrons. The van der Waals surface area contributed by atoms with Gasteiger partial charge in [-0.1, -0.05) is 18.2 Å². The Hall–Kier alpha value is -3.21. The smallest absolute Gasteiger partial charge is 0.165 e. The molecule has 1 aromatic carbocycles. The van der Waals surface area contributed by atoms with Crippen LogP contribution in [0.2, 0.25) is 0 Å². The zero-order valence-corrected chi connectivity index (χ0v) is 13.3. The minimum atomic E-state index is 0.671. The molecule has 0 saturated heterocycles. The second-order valence-electron chi connectivity index (χ2n) is 5.43. The summed E-state index contributed by atoms with van der Waals surface area (Å²) in [4.78, 5) is 13.7. The first-order chi connectivity index (χ1) is 11.8. The van der Waals surface area contributed by atoms with Crippen LogP contribution in [0.4, 0.5) is 0 Å². The Kier molecular flexibility index (Phi) is 3.67. The van der Waals surface area contributed by atoms with Crippen molar-refractivity contribution in [3.63, 3.8) is 0 Å². The maximum absolute atomic E-state index is 5.31. The topological polar surface area (TPSA) is 52.8 Å². The second-order valence-corrected chi connectivity index (χ2v) is 5.43. The highest BCUT2D eigenvalue weighted by atomic mass is 16.5. The van der Waals surface area contributed by atoms with Gasteiger partial charge in [0.05, 0.1) is 7.11 Å². The molecule has 0 saturated carbocycles. The number of aromatic nitrogens is 4. The van der Waals surface area contributed by atoms with Crippen molar-refractivity contribution in [2.24, 2.45) is 0 Å². The van der Waals surface area contributed by atoms with E-state index in [0.717, 1.165) is 34.1 Å². The Bertz CT molecular complexity index is 979. The molecule has 0 spiro atoms. The lowest BCUT2D eigenvalue weighted by Gasteiger charge is -2.08. The van der Waals surface area contributed by atoms with Crippen molar-refractivity contribution in [2.75, 3.05) is 7.11 Å². The molecule has 0 fully saturated rings. The highest BCUT2D eigenvalue weighted by molar-refractivity contribution is 5.73. The van der Waals surface area contributed by atoms with Crippen molar-refractivity contribution in [1.29, 1.82) is 0 Å². The van der Waals surface area contributed by atoms with Crippen LogP contribution in [0.3, 0.4) is 0 Å². The van der Waals surface area contributed by atoms with E-state index in [1.54, 1.807) is 19.5 Å². The van der Waals surface area contributed by atoms with Crippen molar-refractivity contribution in [1.82, 2.24) is 19.5 Å². The molecular formula is C19H16N4O. The summed E-state index contributed by atoms with van der Waals surface area (Å²) in [6.45, 7) is 0. The van der Waals surface area contributed by atoms with Gasteiger partial charge in [0, 0.05) is 18.8 Å². The normalized spacial score (nSPS) is 10.9. The molecule has 24 heavy (non-hydrogen) atoms. The zero-order valence-electron chi connectivity index (χ0n) is 13.3. The van der Waals surface area contributed by atoms with E-state index in [2.05, 4.69) is 16.0 Å². The second kappa shape index (κ2) is 6.12. The predicted octanol–water partition coefficient (Wildman–Crippen LogP) is 3.41. The lowest BCUT2D eigenvalue weighted by atomic mass is 10.1. The van der Waals surface area contributed by atoms with E-state index < -0.39 is 0 Å². The van der Waals surface area contributed by atoms with E-state index in [9.17, 15) is 0 Å². The van der Waals surface area contributed by atoms with Crippen molar-refractivity contribution < 1.29 is 4.74 Å². The summed E-state index contributed by atoms with van der Waals surface area (Å²) in [5.41, 5.74) is 2.80.